The van der Waals surface area contributed by atoms with Crippen molar-refractivity contribution in [1.29, 1.82) is 0 Å². The van der Waals surface area contributed by atoms with Gasteiger partial charge in [0.05, 0.1) is 5.52 Å². The number of pyridine rings is 1. The number of benzene rings is 2. The Labute approximate surface area is 144 Å². The van der Waals surface area contributed by atoms with Crippen LogP contribution in [0.15, 0.2) is 65.7 Å². The van der Waals surface area contributed by atoms with E-state index in [4.69, 9.17) is 0 Å². The SMILES string of the molecule is O=c1c(-n2cnnn2)c(-c2ccccc2)c2ccccc2n1C(F)(F)F. The van der Waals surface area contributed by atoms with Gasteiger partial charge in [0.25, 0.3) is 5.56 Å². The zero-order valence-corrected chi connectivity index (χ0v) is 13.1. The van der Waals surface area contributed by atoms with Crippen molar-refractivity contribution in [2.45, 2.75) is 6.30 Å². The number of halogens is 3. The maximum atomic E-state index is 13.6. The number of rotatable bonds is 2. The average Bonchev–Trinajstić information content (AvgIpc) is 3.14. The van der Waals surface area contributed by atoms with Gasteiger partial charge in [-0.25, -0.2) is 4.57 Å². The third-order valence-electron chi connectivity index (χ3n) is 3.95. The molecule has 4 aromatic rings. The lowest BCUT2D eigenvalue weighted by Gasteiger charge is -2.19. The minimum Gasteiger partial charge on any atom is -0.267 e. The highest BCUT2D eigenvalue weighted by atomic mass is 19.4. The van der Waals surface area contributed by atoms with Crippen LogP contribution in [0.5, 0.6) is 0 Å². The maximum absolute atomic E-state index is 13.6. The predicted octanol–water partition coefficient (Wildman–Crippen LogP) is 3.12. The molecular weight excluding hydrogens is 347 g/mol. The maximum Gasteiger partial charge on any atom is 0.491 e. The third-order valence-corrected chi connectivity index (χ3v) is 3.95. The zero-order chi connectivity index (χ0) is 18.3. The minimum atomic E-state index is -4.89. The monoisotopic (exact) mass is 357 g/mol. The molecule has 6 nitrogen and oxygen atoms in total. The molecule has 2 aromatic heterocycles. The van der Waals surface area contributed by atoms with Crippen molar-refractivity contribution < 1.29 is 13.2 Å². The van der Waals surface area contributed by atoms with Gasteiger partial charge >= 0.3 is 6.30 Å². The van der Waals surface area contributed by atoms with Crippen molar-refractivity contribution in [3.05, 3.63) is 71.3 Å². The summed E-state index contributed by atoms with van der Waals surface area (Å²) >= 11 is 0. The smallest absolute Gasteiger partial charge is 0.267 e. The molecule has 2 aromatic carbocycles. The lowest BCUT2D eigenvalue weighted by atomic mass is 9.99. The minimum absolute atomic E-state index is 0.189. The molecule has 4 rings (SSSR count). The topological polar surface area (TPSA) is 65.6 Å². The predicted molar refractivity (Wildman–Crippen MR) is 87.7 cm³/mol. The largest absolute Gasteiger partial charge is 0.491 e. The summed E-state index contributed by atoms with van der Waals surface area (Å²) in [5.41, 5.74) is -0.833. The Kier molecular flexibility index (Phi) is 3.57. The summed E-state index contributed by atoms with van der Waals surface area (Å²) in [6.45, 7) is 0. The summed E-state index contributed by atoms with van der Waals surface area (Å²) in [4.78, 5) is 12.8. The first kappa shape index (κ1) is 16.0. The summed E-state index contributed by atoms with van der Waals surface area (Å²) in [5.74, 6) is 0. The van der Waals surface area contributed by atoms with Crippen molar-refractivity contribution in [3.63, 3.8) is 0 Å². The molecule has 2 heterocycles. The first-order chi connectivity index (χ1) is 12.5. The first-order valence-corrected chi connectivity index (χ1v) is 7.52. The highest BCUT2D eigenvalue weighted by molar-refractivity contribution is 5.98. The number of para-hydroxylation sites is 1. The zero-order valence-electron chi connectivity index (χ0n) is 13.1. The molecule has 0 saturated heterocycles. The van der Waals surface area contributed by atoms with Crippen LogP contribution in [0.1, 0.15) is 0 Å². The fraction of sp³-hybridized carbons (Fsp3) is 0.0588. The molecule has 0 radical (unpaired) electrons. The van der Waals surface area contributed by atoms with E-state index in [0.29, 0.717) is 11.1 Å². The molecule has 0 N–H and O–H groups in total. The molecule has 0 bridgehead atoms. The molecular formula is C17H10F3N5O. The Morgan fingerprint density at radius 1 is 0.923 bits per heavy atom. The van der Waals surface area contributed by atoms with Crippen LogP contribution in [0.4, 0.5) is 13.2 Å². The molecule has 0 amide bonds. The molecule has 0 saturated carbocycles. The normalized spacial score (nSPS) is 11.8. The molecule has 9 heteroatoms. The third kappa shape index (κ3) is 2.44. The lowest BCUT2D eigenvalue weighted by molar-refractivity contribution is -0.202. The standard InChI is InChI=1S/C17H10F3N5O/c18-17(19,20)25-13-9-5-4-8-12(13)14(11-6-2-1-3-7-11)15(16(25)26)24-10-21-22-23-24/h1-10H. The van der Waals surface area contributed by atoms with Crippen molar-refractivity contribution in [3.8, 4) is 16.8 Å². The first-order valence-electron chi connectivity index (χ1n) is 7.52. The Hall–Kier alpha value is -3.49. The number of tetrazole rings is 1. The lowest BCUT2D eigenvalue weighted by Crippen LogP contribution is -2.34. The van der Waals surface area contributed by atoms with Gasteiger partial charge in [-0.3, -0.25) is 4.79 Å². The van der Waals surface area contributed by atoms with Crippen molar-refractivity contribution in [1.82, 2.24) is 24.8 Å². The van der Waals surface area contributed by atoms with Crippen LogP contribution in [-0.4, -0.2) is 24.8 Å². The van der Waals surface area contributed by atoms with E-state index in [-0.39, 0.29) is 21.2 Å². The van der Waals surface area contributed by atoms with Crippen LogP contribution in [0, 0.1) is 0 Å². The van der Waals surface area contributed by atoms with Crippen molar-refractivity contribution in [2.75, 3.05) is 0 Å². The summed E-state index contributed by atoms with van der Waals surface area (Å²) in [5, 5.41) is 10.8. The van der Waals surface area contributed by atoms with E-state index in [9.17, 15) is 18.0 Å². The fourth-order valence-electron chi connectivity index (χ4n) is 2.95. The van der Waals surface area contributed by atoms with E-state index < -0.39 is 11.9 Å². The van der Waals surface area contributed by atoms with Crippen molar-refractivity contribution >= 4 is 10.9 Å². The van der Waals surface area contributed by atoms with Gasteiger partial charge in [-0.1, -0.05) is 48.5 Å². The molecule has 0 fully saturated rings. The van der Waals surface area contributed by atoms with E-state index in [2.05, 4.69) is 15.5 Å². The number of alkyl halides is 3. The van der Waals surface area contributed by atoms with Gasteiger partial charge in [0, 0.05) is 10.9 Å². The van der Waals surface area contributed by atoms with Crippen LogP contribution >= 0.6 is 0 Å². The van der Waals surface area contributed by atoms with E-state index >= 15 is 0 Å². The second kappa shape index (κ2) is 5.80. The van der Waals surface area contributed by atoms with Gasteiger partial charge in [0.1, 0.15) is 12.0 Å². The summed E-state index contributed by atoms with van der Waals surface area (Å²) in [7, 11) is 0. The van der Waals surface area contributed by atoms with Gasteiger partial charge in [0.15, 0.2) is 0 Å². The van der Waals surface area contributed by atoms with Crippen LogP contribution in [-0.2, 0) is 6.30 Å². The van der Waals surface area contributed by atoms with E-state index in [1.165, 1.54) is 18.2 Å². The van der Waals surface area contributed by atoms with Gasteiger partial charge in [-0.15, -0.1) is 18.3 Å². The van der Waals surface area contributed by atoms with E-state index in [1.807, 2.05) is 0 Å². The molecule has 0 atom stereocenters. The van der Waals surface area contributed by atoms with Gasteiger partial charge in [-0.05, 0) is 22.1 Å². The van der Waals surface area contributed by atoms with Crippen molar-refractivity contribution in [2.24, 2.45) is 0 Å². The fourth-order valence-corrected chi connectivity index (χ4v) is 2.95. The molecule has 0 aliphatic carbocycles. The van der Waals surface area contributed by atoms with E-state index in [1.54, 1.807) is 36.4 Å². The van der Waals surface area contributed by atoms with Crippen LogP contribution < -0.4 is 5.56 Å². The average molecular weight is 357 g/mol. The quantitative estimate of drug-likeness (QED) is 0.553. The number of hydrogen-bond donors (Lipinski definition) is 0. The highest BCUT2D eigenvalue weighted by Crippen LogP contribution is 2.35. The second-order valence-electron chi connectivity index (χ2n) is 5.47. The molecule has 26 heavy (non-hydrogen) atoms. The van der Waals surface area contributed by atoms with E-state index in [0.717, 1.165) is 11.0 Å². The van der Waals surface area contributed by atoms with Gasteiger partial charge < -0.3 is 0 Å². The second-order valence-corrected chi connectivity index (χ2v) is 5.47. The molecule has 0 aliphatic heterocycles. The molecule has 0 unspecified atom stereocenters. The van der Waals surface area contributed by atoms with Crippen LogP contribution in [0.25, 0.3) is 27.7 Å². The number of aromatic nitrogens is 5. The van der Waals surface area contributed by atoms with Crippen LogP contribution in [0.2, 0.25) is 0 Å². The molecule has 0 spiro atoms. The number of hydrogen-bond acceptors (Lipinski definition) is 4. The Morgan fingerprint density at radius 2 is 1.62 bits per heavy atom. The number of nitrogens with zero attached hydrogens (tertiary/aromatic N) is 5. The Morgan fingerprint density at radius 3 is 2.27 bits per heavy atom. The van der Waals surface area contributed by atoms with Gasteiger partial charge in [-0.2, -0.15) is 4.68 Å². The highest BCUT2D eigenvalue weighted by Gasteiger charge is 2.36. The summed E-state index contributed by atoms with van der Waals surface area (Å²) in [6, 6.07) is 14.6. The summed E-state index contributed by atoms with van der Waals surface area (Å²) < 4.78 is 41.7. The molecule has 0 aliphatic rings. The Balaban J connectivity index is 2.27. The Bertz CT molecular complexity index is 1130. The molecule has 130 valence electrons. The number of fused-ring (bicyclic) bond motifs is 1. The van der Waals surface area contributed by atoms with Crippen LogP contribution in [0.3, 0.4) is 0 Å². The van der Waals surface area contributed by atoms with Gasteiger partial charge in [0.2, 0.25) is 0 Å². The summed E-state index contributed by atoms with van der Waals surface area (Å²) in [6.07, 6.45) is -3.80.